The van der Waals surface area contributed by atoms with Gasteiger partial charge in [0, 0.05) is 18.8 Å². The highest BCUT2D eigenvalue weighted by Crippen LogP contribution is 2.38. The topological polar surface area (TPSA) is 69.4 Å². The zero-order chi connectivity index (χ0) is 13.1. The van der Waals surface area contributed by atoms with Crippen LogP contribution in [0, 0.1) is 5.92 Å². The lowest BCUT2D eigenvalue weighted by atomic mass is 9.82. The van der Waals surface area contributed by atoms with Gasteiger partial charge in [-0.15, -0.1) is 0 Å². The van der Waals surface area contributed by atoms with E-state index in [9.17, 15) is 18.4 Å². The Bertz CT molecular complexity index is 302. The molecule has 0 aliphatic heterocycles. The van der Waals surface area contributed by atoms with E-state index in [0.717, 1.165) is 0 Å². The number of carbonyl (C=O) groups excluding carboxylic acids is 2. The van der Waals surface area contributed by atoms with Gasteiger partial charge in [-0.1, -0.05) is 22.6 Å². The minimum absolute atomic E-state index is 0.169. The van der Waals surface area contributed by atoms with Crippen LogP contribution in [0.4, 0.5) is 13.6 Å². The molecule has 1 saturated carbocycles. The van der Waals surface area contributed by atoms with E-state index in [-0.39, 0.29) is 41.8 Å². The van der Waals surface area contributed by atoms with Gasteiger partial charge in [-0.3, -0.25) is 4.79 Å². The largest absolute Gasteiger partial charge is 0.438 e. The van der Waals surface area contributed by atoms with Crippen molar-refractivity contribution < 1.29 is 23.1 Å². The third-order valence-corrected chi connectivity index (χ3v) is 3.63. The first-order chi connectivity index (χ1) is 7.85. The molecule has 1 unspecified atom stereocenters. The molecule has 17 heavy (non-hydrogen) atoms. The van der Waals surface area contributed by atoms with Crippen LogP contribution in [-0.4, -0.2) is 28.3 Å². The predicted molar refractivity (Wildman–Crippen MR) is 65.3 cm³/mol. The van der Waals surface area contributed by atoms with Crippen LogP contribution < -0.4 is 5.73 Å². The van der Waals surface area contributed by atoms with Crippen molar-refractivity contribution in [1.82, 2.24) is 0 Å². The maximum Gasteiger partial charge on any atom is 0.405 e. The zero-order valence-electron chi connectivity index (χ0n) is 9.13. The lowest BCUT2D eigenvalue weighted by molar-refractivity contribution is -0.130. The normalized spacial score (nSPS) is 21.8. The van der Waals surface area contributed by atoms with Crippen molar-refractivity contribution in [1.29, 1.82) is 0 Å². The number of ether oxygens (including phenoxy) is 1. The van der Waals surface area contributed by atoms with E-state index in [4.69, 9.17) is 10.5 Å². The first kappa shape index (κ1) is 14.6. The van der Waals surface area contributed by atoms with E-state index >= 15 is 0 Å². The highest BCUT2D eigenvalue weighted by atomic mass is 127. The number of carbonyl (C=O) groups is 2. The molecule has 0 spiro atoms. The number of primary amides is 1. The van der Waals surface area contributed by atoms with Gasteiger partial charge in [-0.2, -0.15) is 0 Å². The van der Waals surface area contributed by atoms with Crippen LogP contribution in [0.1, 0.15) is 25.7 Å². The molecule has 0 heterocycles. The Morgan fingerprint density at radius 2 is 1.94 bits per heavy atom. The fourth-order valence-electron chi connectivity index (χ4n) is 1.99. The van der Waals surface area contributed by atoms with Crippen molar-refractivity contribution in [2.45, 2.75) is 37.7 Å². The molecule has 2 N–H and O–H groups in total. The fourth-order valence-corrected chi connectivity index (χ4v) is 2.43. The number of ketones is 1. The Balaban J connectivity index is 2.65. The predicted octanol–water partition coefficient (Wildman–Crippen LogP) is 2.28. The number of hydrogen-bond acceptors (Lipinski definition) is 3. The van der Waals surface area contributed by atoms with Crippen LogP contribution in [0.15, 0.2) is 0 Å². The molecule has 98 valence electrons. The van der Waals surface area contributed by atoms with Crippen molar-refractivity contribution in [3.63, 3.8) is 0 Å². The van der Waals surface area contributed by atoms with Gasteiger partial charge in [0.1, 0.15) is 0 Å². The Hall–Kier alpha value is -0.470. The number of rotatable bonds is 4. The standard InChI is InChI=1S/C10H14F2INO3/c11-10(12)3-1-6(2-4-10)8(7(15)5-13)17-9(14)16/h6,8H,1-5H2,(H2,14,16). The molecule has 1 aliphatic rings. The number of halogens is 3. The van der Waals surface area contributed by atoms with Gasteiger partial charge in [0.15, 0.2) is 11.9 Å². The van der Waals surface area contributed by atoms with E-state index in [1.165, 1.54) is 0 Å². The second-order valence-corrected chi connectivity index (χ2v) is 4.91. The van der Waals surface area contributed by atoms with Gasteiger partial charge in [0.25, 0.3) is 0 Å². The third kappa shape index (κ3) is 4.36. The monoisotopic (exact) mass is 361 g/mol. The molecule has 4 nitrogen and oxygen atoms in total. The van der Waals surface area contributed by atoms with Crippen LogP contribution in [0.5, 0.6) is 0 Å². The van der Waals surface area contributed by atoms with Crippen molar-refractivity contribution in [2.24, 2.45) is 11.7 Å². The quantitative estimate of drug-likeness (QED) is 0.617. The van der Waals surface area contributed by atoms with Crippen molar-refractivity contribution in [2.75, 3.05) is 4.43 Å². The minimum atomic E-state index is -2.67. The second-order valence-electron chi connectivity index (χ2n) is 4.15. The summed E-state index contributed by atoms with van der Waals surface area (Å²) in [5.74, 6) is -3.29. The van der Waals surface area contributed by atoms with Crippen LogP contribution in [-0.2, 0) is 9.53 Å². The number of hydrogen-bond donors (Lipinski definition) is 1. The summed E-state index contributed by atoms with van der Waals surface area (Å²) in [7, 11) is 0. The molecule has 1 amide bonds. The molecule has 0 saturated heterocycles. The summed E-state index contributed by atoms with van der Waals surface area (Å²) < 4.78 is 30.9. The zero-order valence-corrected chi connectivity index (χ0v) is 11.3. The molecule has 0 bridgehead atoms. The fraction of sp³-hybridized carbons (Fsp3) is 0.800. The van der Waals surface area contributed by atoms with Crippen molar-refractivity contribution >= 4 is 34.5 Å². The van der Waals surface area contributed by atoms with Crippen LogP contribution >= 0.6 is 22.6 Å². The molecular formula is C10H14F2INO3. The van der Waals surface area contributed by atoms with Gasteiger partial charge >= 0.3 is 6.09 Å². The van der Waals surface area contributed by atoms with Crippen LogP contribution in [0.3, 0.4) is 0 Å². The number of Topliss-reactive ketones (excluding diaryl/α,β-unsaturated/α-hetero) is 1. The smallest absolute Gasteiger partial charge is 0.405 e. The van der Waals surface area contributed by atoms with Gasteiger partial charge in [-0.05, 0) is 12.8 Å². The first-order valence-electron chi connectivity index (χ1n) is 5.28. The van der Waals surface area contributed by atoms with Crippen LogP contribution in [0.25, 0.3) is 0 Å². The minimum Gasteiger partial charge on any atom is -0.438 e. The third-order valence-electron chi connectivity index (χ3n) is 2.88. The molecule has 1 fully saturated rings. The molecule has 1 rings (SSSR count). The molecule has 7 heteroatoms. The Morgan fingerprint density at radius 1 is 1.41 bits per heavy atom. The molecule has 0 radical (unpaired) electrons. The van der Waals surface area contributed by atoms with E-state index in [0.29, 0.717) is 0 Å². The Kier molecular flexibility index (Phi) is 5.08. The van der Waals surface area contributed by atoms with Gasteiger partial charge in [0.2, 0.25) is 5.92 Å². The molecule has 1 aliphatic carbocycles. The lowest BCUT2D eigenvalue weighted by Crippen LogP contribution is -2.40. The average Bonchev–Trinajstić information content (AvgIpc) is 2.25. The molecular weight excluding hydrogens is 347 g/mol. The van der Waals surface area contributed by atoms with Gasteiger partial charge in [-0.25, -0.2) is 13.6 Å². The molecule has 0 aromatic heterocycles. The summed E-state index contributed by atoms with van der Waals surface area (Å²) in [6.07, 6.45) is -2.21. The number of amides is 1. The summed E-state index contributed by atoms with van der Waals surface area (Å²) in [4.78, 5) is 22.3. The summed E-state index contributed by atoms with van der Waals surface area (Å²) in [5.41, 5.74) is 4.88. The summed E-state index contributed by atoms with van der Waals surface area (Å²) in [5, 5.41) is 0. The van der Waals surface area contributed by atoms with E-state index in [1.807, 2.05) is 22.6 Å². The van der Waals surface area contributed by atoms with Crippen LogP contribution in [0.2, 0.25) is 0 Å². The first-order valence-corrected chi connectivity index (χ1v) is 6.81. The van der Waals surface area contributed by atoms with Gasteiger partial charge in [0.05, 0.1) is 4.43 Å². The van der Waals surface area contributed by atoms with Crippen molar-refractivity contribution in [3.8, 4) is 0 Å². The van der Waals surface area contributed by atoms with E-state index in [1.54, 1.807) is 0 Å². The summed E-state index contributed by atoms with van der Waals surface area (Å²) in [6, 6.07) is 0. The lowest BCUT2D eigenvalue weighted by Gasteiger charge is -2.32. The number of nitrogens with two attached hydrogens (primary N) is 1. The summed E-state index contributed by atoms with van der Waals surface area (Å²) >= 11 is 1.85. The molecule has 1 atom stereocenters. The van der Waals surface area contributed by atoms with Gasteiger partial charge < -0.3 is 10.5 Å². The highest BCUT2D eigenvalue weighted by molar-refractivity contribution is 14.1. The Morgan fingerprint density at radius 3 is 2.35 bits per heavy atom. The van der Waals surface area contributed by atoms with Crippen molar-refractivity contribution in [3.05, 3.63) is 0 Å². The second kappa shape index (κ2) is 5.92. The molecule has 0 aromatic carbocycles. The average molecular weight is 361 g/mol. The summed E-state index contributed by atoms with van der Waals surface area (Å²) in [6.45, 7) is 0. The highest BCUT2D eigenvalue weighted by Gasteiger charge is 2.40. The molecule has 0 aromatic rings. The Labute approximate surface area is 111 Å². The maximum absolute atomic E-state index is 13.0. The SMILES string of the molecule is NC(=O)OC(C(=O)CI)C1CCC(F)(F)CC1. The number of alkyl halides is 3. The van der Waals surface area contributed by atoms with E-state index in [2.05, 4.69) is 0 Å². The van der Waals surface area contributed by atoms with E-state index < -0.39 is 18.1 Å². The maximum atomic E-state index is 13.0.